The predicted octanol–water partition coefficient (Wildman–Crippen LogP) is 3.82. The van der Waals surface area contributed by atoms with Gasteiger partial charge in [0, 0.05) is 42.8 Å². The molecule has 6 rings (SSSR count). The van der Waals surface area contributed by atoms with Crippen molar-refractivity contribution in [1.82, 2.24) is 19.8 Å². The minimum Gasteiger partial charge on any atom is -0.456 e. The SMILES string of the molecule is [C-]#[N+]CC1CN(c2nc(O[C@@H]3COC[C@@H]3N(C)C)nc3c2CCN(c2cccc4ccc(F)c(Cl)c24)C3)CCN1C(=O)C=C. The second kappa shape index (κ2) is 12.6. The Kier molecular flexibility index (Phi) is 8.58. The Balaban J connectivity index is 1.38. The zero-order chi connectivity index (χ0) is 31.0. The average molecular weight is 620 g/mol. The largest absolute Gasteiger partial charge is 0.456 e. The molecule has 1 unspecified atom stereocenters. The molecule has 0 bridgehead atoms. The van der Waals surface area contributed by atoms with Crippen LogP contribution in [0.1, 0.15) is 11.3 Å². The zero-order valence-electron chi connectivity index (χ0n) is 24.9. The van der Waals surface area contributed by atoms with Gasteiger partial charge in [-0.1, -0.05) is 36.4 Å². The molecule has 1 aromatic heterocycles. The summed E-state index contributed by atoms with van der Waals surface area (Å²) < 4.78 is 26.7. The van der Waals surface area contributed by atoms with Gasteiger partial charge in [0.05, 0.1) is 36.5 Å². The maximum Gasteiger partial charge on any atom is 0.319 e. The third kappa shape index (κ3) is 5.65. The number of benzene rings is 2. The molecule has 0 aliphatic carbocycles. The van der Waals surface area contributed by atoms with Crippen LogP contribution in [0, 0.1) is 12.4 Å². The summed E-state index contributed by atoms with van der Waals surface area (Å²) >= 11 is 6.50. The summed E-state index contributed by atoms with van der Waals surface area (Å²) in [4.78, 5) is 34.1. The van der Waals surface area contributed by atoms with E-state index in [0.717, 1.165) is 28.1 Å². The second-order valence-electron chi connectivity index (χ2n) is 11.6. The van der Waals surface area contributed by atoms with E-state index in [1.165, 1.54) is 12.1 Å². The Morgan fingerprint density at radius 3 is 2.84 bits per heavy atom. The van der Waals surface area contributed by atoms with Gasteiger partial charge in [-0.2, -0.15) is 9.97 Å². The Morgan fingerprint density at radius 1 is 1.23 bits per heavy atom. The summed E-state index contributed by atoms with van der Waals surface area (Å²) in [5.41, 5.74) is 2.65. The lowest BCUT2D eigenvalue weighted by Gasteiger charge is -2.41. The van der Waals surface area contributed by atoms with Crippen LogP contribution in [-0.2, 0) is 22.5 Å². The van der Waals surface area contributed by atoms with Gasteiger partial charge in [0.15, 0.2) is 0 Å². The van der Waals surface area contributed by atoms with Crippen molar-refractivity contribution in [2.75, 3.05) is 69.8 Å². The Bertz CT molecular complexity index is 1630. The van der Waals surface area contributed by atoms with E-state index in [2.05, 4.69) is 26.1 Å². The van der Waals surface area contributed by atoms with Crippen molar-refractivity contribution in [3.63, 3.8) is 0 Å². The van der Waals surface area contributed by atoms with Crippen LogP contribution in [0.4, 0.5) is 15.9 Å². The van der Waals surface area contributed by atoms with Crippen LogP contribution >= 0.6 is 11.6 Å². The van der Waals surface area contributed by atoms with Crippen LogP contribution in [0.2, 0.25) is 5.02 Å². The Hall–Kier alpha value is -3.98. The molecule has 2 aromatic carbocycles. The average Bonchev–Trinajstić information content (AvgIpc) is 3.50. The van der Waals surface area contributed by atoms with Crippen LogP contribution in [0.3, 0.4) is 0 Å². The molecular weight excluding hydrogens is 585 g/mol. The summed E-state index contributed by atoms with van der Waals surface area (Å²) in [7, 11) is 3.98. The fourth-order valence-corrected chi connectivity index (χ4v) is 6.70. The Morgan fingerprint density at radius 2 is 2.07 bits per heavy atom. The third-order valence-electron chi connectivity index (χ3n) is 8.74. The summed E-state index contributed by atoms with van der Waals surface area (Å²) in [5.74, 6) is 0.123. The number of rotatable bonds is 7. The van der Waals surface area contributed by atoms with Crippen molar-refractivity contribution in [1.29, 1.82) is 0 Å². The van der Waals surface area contributed by atoms with Gasteiger partial charge in [-0.25, -0.2) is 11.0 Å². The number of hydrogen-bond donors (Lipinski definition) is 0. The number of anilines is 2. The highest BCUT2D eigenvalue weighted by Gasteiger charge is 2.36. The van der Waals surface area contributed by atoms with Gasteiger partial charge < -0.3 is 33.9 Å². The lowest BCUT2D eigenvalue weighted by Crippen LogP contribution is -2.56. The van der Waals surface area contributed by atoms with Crippen molar-refractivity contribution in [3.8, 4) is 6.01 Å². The zero-order valence-corrected chi connectivity index (χ0v) is 25.6. The fraction of sp³-hybridized carbons (Fsp3) is 0.438. The van der Waals surface area contributed by atoms with Gasteiger partial charge >= 0.3 is 6.01 Å². The number of hydrogen-bond acceptors (Lipinski definition) is 8. The summed E-state index contributed by atoms with van der Waals surface area (Å²) in [6, 6.07) is 8.98. The number of carbonyl (C=O) groups is 1. The van der Waals surface area contributed by atoms with E-state index in [1.54, 1.807) is 11.0 Å². The van der Waals surface area contributed by atoms with Crippen LogP contribution in [0.25, 0.3) is 15.6 Å². The number of likely N-dealkylation sites (N-methyl/N-ethyl adjacent to an activating group) is 1. The first-order valence-electron chi connectivity index (χ1n) is 14.7. The molecule has 0 radical (unpaired) electrons. The molecule has 3 aliphatic rings. The van der Waals surface area contributed by atoms with Crippen molar-refractivity contribution in [3.05, 3.63) is 76.5 Å². The maximum absolute atomic E-state index is 14.6. The van der Waals surface area contributed by atoms with E-state index in [0.29, 0.717) is 57.7 Å². The minimum absolute atomic E-state index is 0.0545. The topological polar surface area (TPSA) is 78.6 Å². The molecule has 44 heavy (non-hydrogen) atoms. The van der Waals surface area contributed by atoms with Gasteiger partial charge in [-0.05, 0) is 44.1 Å². The number of carbonyl (C=O) groups excluding carboxylic acids is 1. The van der Waals surface area contributed by atoms with Crippen molar-refractivity contribution >= 4 is 39.8 Å². The minimum atomic E-state index is -0.457. The first kappa shape index (κ1) is 30.1. The van der Waals surface area contributed by atoms with E-state index in [-0.39, 0.29) is 41.7 Å². The highest BCUT2D eigenvalue weighted by Crippen LogP contribution is 2.38. The second-order valence-corrected chi connectivity index (χ2v) is 11.9. The molecule has 10 nitrogen and oxygen atoms in total. The fourth-order valence-electron chi connectivity index (χ4n) is 6.43. The van der Waals surface area contributed by atoms with Gasteiger partial charge in [-0.3, -0.25) is 4.79 Å². The van der Waals surface area contributed by atoms with E-state index >= 15 is 0 Å². The van der Waals surface area contributed by atoms with E-state index in [4.69, 9.17) is 37.6 Å². The lowest BCUT2D eigenvalue weighted by molar-refractivity contribution is -0.128. The quantitative estimate of drug-likeness (QED) is 0.292. The van der Waals surface area contributed by atoms with Crippen molar-refractivity contribution in [2.45, 2.75) is 31.2 Å². The van der Waals surface area contributed by atoms with Gasteiger partial charge in [-0.15, -0.1) is 0 Å². The number of aromatic nitrogens is 2. The first-order chi connectivity index (χ1) is 21.3. The molecule has 3 aromatic rings. The van der Waals surface area contributed by atoms with Crippen LogP contribution in [0.5, 0.6) is 6.01 Å². The number of ether oxygens (including phenoxy) is 2. The van der Waals surface area contributed by atoms with E-state index in [1.807, 2.05) is 32.3 Å². The summed E-state index contributed by atoms with van der Waals surface area (Å²) in [5, 5.41) is 1.64. The number of amides is 1. The van der Waals surface area contributed by atoms with Crippen LogP contribution in [-0.4, -0.2) is 104 Å². The molecule has 0 spiro atoms. The molecule has 1 amide bonds. The van der Waals surface area contributed by atoms with Gasteiger partial charge in [0.1, 0.15) is 23.8 Å². The van der Waals surface area contributed by atoms with E-state index in [9.17, 15) is 9.18 Å². The monoisotopic (exact) mass is 619 g/mol. The molecule has 2 fully saturated rings. The van der Waals surface area contributed by atoms with Crippen LogP contribution in [0.15, 0.2) is 43.0 Å². The molecule has 230 valence electrons. The van der Waals surface area contributed by atoms with Crippen molar-refractivity contribution in [2.24, 2.45) is 0 Å². The molecule has 2 saturated heterocycles. The number of fused-ring (bicyclic) bond motifs is 2. The third-order valence-corrected chi connectivity index (χ3v) is 9.11. The maximum atomic E-state index is 14.6. The normalized spacial score (nSPS) is 21.8. The number of piperazine rings is 1. The number of halogens is 2. The highest BCUT2D eigenvalue weighted by molar-refractivity contribution is 6.36. The van der Waals surface area contributed by atoms with Crippen molar-refractivity contribution < 1.29 is 18.7 Å². The standard InChI is InChI=1S/C32H35ClFN7O3/c1-5-28(42)41-14-13-40(16-21(41)15-35-2)31-22-11-12-39(25-8-6-7-20-9-10-23(34)30(33)29(20)25)17-24(22)36-32(37-31)44-27-19-43-18-26(27)38(3)4/h5-10,21,26-27H,1,11-19H2,3-4H3/t21?,26-,27+/m0/s1. The predicted molar refractivity (Wildman–Crippen MR) is 168 cm³/mol. The molecule has 0 N–H and O–H groups in total. The van der Waals surface area contributed by atoms with E-state index < -0.39 is 5.82 Å². The molecule has 4 heterocycles. The molecule has 3 atom stereocenters. The Labute approximate surface area is 261 Å². The van der Waals surface area contributed by atoms with Gasteiger partial charge in [0.2, 0.25) is 12.5 Å². The molecule has 0 saturated carbocycles. The lowest BCUT2D eigenvalue weighted by atomic mass is 10.0. The summed E-state index contributed by atoms with van der Waals surface area (Å²) in [6.45, 7) is 14.9. The van der Waals surface area contributed by atoms with Crippen LogP contribution < -0.4 is 14.5 Å². The summed E-state index contributed by atoms with van der Waals surface area (Å²) in [6.07, 6.45) is 1.70. The highest BCUT2D eigenvalue weighted by atomic mass is 35.5. The van der Waals surface area contributed by atoms with Gasteiger partial charge in [0.25, 0.3) is 0 Å². The molecule has 12 heteroatoms. The number of nitrogens with zero attached hydrogens (tertiary/aromatic N) is 7. The smallest absolute Gasteiger partial charge is 0.319 e. The first-order valence-corrected chi connectivity index (χ1v) is 15.1. The molecular formula is C32H35ClFN7O3. The molecule has 3 aliphatic heterocycles.